The summed E-state index contributed by atoms with van der Waals surface area (Å²) in [6.45, 7) is 3.55. The normalized spacial score (nSPS) is 15.7. The molecule has 7 heteroatoms. The smallest absolute Gasteiger partial charge is 0.225 e. The molecule has 1 aromatic carbocycles. The molecule has 0 atom stereocenters. The second-order valence-corrected chi connectivity index (χ2v) is 7.98. The highest BCUT2D eigenvalue weighted by Crippen LogP contribution is 2.25. The van der Waals surface area contributed by atoms with E-state index >= 15 is 0 Å². The predicted octanol–water partition coefficient (Wildman–Crippen LogP) is 3.26. The van der Waals surface area contributed by atoms with Crippen LogP contribution in [0.5, 0.6) is 0 Å². The van der Waals surface area contributed by atoms with Crippen molar-refractivity contribution in [1.29, 1.82) is 0 Å². The maximum Gasteiger partial charge on any atom is 0.225 e. The Balaban J connectivity index is 1.95. The minimum atomic E-state index is -3.64. The van der Waals surface area contributed by atoms with Crippen LogP contribution in [0.3, 0.4) is 0 Å². The molecular weight excluding hydrogens is 334 g/mol. The minimum Gasteiger partial charge on any atom is -0.341 e. The summed E-state index contributed by atoms with van der Waals surface area (Å²) in [4.78, 5) is 11.1. The van der Waals surface area contributed by atoms with Gasteiger partial charge < -0.3 is 4.90 Å². The van der Waals surface area contributed by atoms with Crippen molar-refractivity contribution in [1.82, 2.24) is 9.97 Å². The van der Waals surface area contributed by atoms with Crippen molar-refractivity contribution in [3.05, 3.63) is 41.2 Å². The van der Waals surface area contributed by atoms with Gasteiger partial charge in [-0.1, -0.05) is 11.6 Å². The Morgan fingerprint density at radius 2 is 1.74 bits per heavy atom. The molecule has 1 saturated heterocycles. The number of aryl methyl sites for hydroxylation is 1. The minimum absolute atomic E-state index is 0.139. The average Bonchev–Trinajstić information content (AvgIpc) is 2.56. The van der Waals surface area contributed by atoms with E-state index in [-0.39, 0.29) is 9.79 Å². The number of anilines is 1. The molecule has 1 fully saturated rings. The molecule has 122 valence electrons. The summed E-state index contributed by atoms with van der Waals surface area (Å²) in [5.74, 6) is 0.609. The number of aromatic nitrogens is 2. The number of halogens is 1. The van der Waals surface area contributed by atoms with Crippen LogP contribution in [0, 0.1) is 6.92 Å². The van der Waals surface area contributed by atoms with Crippen molar-refractivity contribution in [3.8, 4) is 0 Å². The van der Waals surface area contributed by atoms with Gasteiger partial charge in [0.1, 0.15) is 4.90 Å². The molecular formula is C16H18ClN3O2S. The van der Waals surface area contributed by atoms with E-state index in [1.54, 1.807) is 19.1 Å². The first kappa shape index (κ1) is 16.2. The van der Waals surface area contributed by atoms with Gasteiger partial charge >= 0.3 is 0 Å². The Labute approximate surface area is 141 Å². The van der Waals surface area contributed by atoms with E-state index in [2.05, 4.69) is 14.9 Å². The zero-order valence-corrected chi connectivity index (χ0v) is 14.4. The molecule has 3 rings (SSSR count). The van der Waals surface area contributed by atoms with E-state index < -0.39 is 9.84 Å². The molecule has 0 spiro atoms. The van der Waals surface area contributed by atoms with Gasteiger partial charge in [-0.05, 0) is 50.5 Å². The molecule has 23 heavy (non-hydrogen) atoms. The van der Waals surface area contributed by atoms with E-state index in [4.69, 9.17) is 11.6 Å². The van der Waals surface area contributed by atoms with Gasteiger partial charge in [0.05, 0.1) is 16.8 Å². The molecule has 0 saturated carbocycles. The average molecular weight is 352 g/mol. The van der Waals surface area contributed by atoms with Gasteiger partial charge in [0.2, 0.25) is 15.8 Å². The van der Waals surface area contributed by atoms with Crippen LogP contribution in [0.25, 0.3) is 0 Å². The fourth-order valence-corrected chi connectivity index (χ4v) is 4.19. The number of hydrogen-bond acceptors (Lipinski definition) is 5. The van der Waals surface area contributed by atoms with Crippen LogP contribution in [0.15, 0.2) is 40.3 Å². The standard InChI is InChI=1S/C16H18ClN3O2S/c1-12-15(23(21,22)14-7-5-13(17)6-8-14)11-18-16(19-12)20-9-3-2-4-10-20/h5-8,11H,2-4,9-10H2,1H3. The molecule has 2 aromatic rings. The molecule has 0 N–H and O–H groups in total. The number of piperidine rings is 1. The SMILES string of the molecule is Cc1nc(N2CCCCC2)ncc1S(=O)(=O)c1ccc(Cl)cc1. The number of nitrogens with zero attached hydrogens (tertiary/aromatic N) is 3. The molecule has 0 amide bonds. The lowest BCUT2D eigenvalue weighted by molar-refractivity contribution is 0.566. The lowest BCUT2D eigenvalue weighted by Gasteiger charge is -2.26. The van der Waals surface area contributed by atoms with Crippen LogP contribution >= 0.6 is 11.6 Å². The van der Waals surface area contributed by atoms with Crippen molar-refractivity contribution >= 4 is 27.4 Å². The Morgan fingerprint density at radius 3 is 2.35 bits per heavy atom. The van der Waals surface area contributed by atoms with Gasteiger partial charge in [0, 0.05) is 18.1 Å². The van der Waals surface area contributed by atoms with E-state index in [9.17, 15) is 8.42 Å². The van der Waals surface area contributed by atoms with Crippen LogP contribution in [-0.2, 0) is 9.84 Å². The van der Waals surface area contributed by atoms with Crippen molar-refractivity contribution in [3.63, 3.8) is 0 Å². The molecule has 5 nitrogen and oxygen atoms in total. The number of sulfone groups is 1. The molecule has 1 aliphatic heterocycles. The predicted molar refractivity (Wildman–Crippen MR) is 89.7 cm³/mol. The van der Waals surface area contributed by atoms with E-state index in [1.165, 1.54) is 24.8 Å². The fourth-order valence-electron chi connectivity index (χ4n) is 2.69. The van der Waals surface area contributed by atoms with Crippen LogP contribution in [0.4, 0.5) is 5.95 Å². The number of benzene rings is 1. The van der Waals surface area contributed by atoms with Gasteiger partial charge in [0.25, 0.3) is 0 Å². The maximum atomic E-state index is 12.7. The van der Waals surface area contributed by atoms with Gasteiger partial charge in [-0.2, -0.15) is 0 Å². The molecule has 0 unspecified atom stereocenters. The van der Waals surface area contributed by atoms with E-state index in [1.807, 2.05) is 0 Å². The Kier molecular flexibility index (Phi) is 4.55. The third-order valence-electron chi connectivity index (χ3n) is 3.97. The fraction of sp³-hybridized carbons (Fsp3) is 0.375. The summed E-state index contributed by atoms with van der Waals surface area (Å²) in [5.41, 5.74) is 0.468. The number of hydrogen-bond donors (Lipinski definition) is 0. The summed E-state index contributed by atoms with van der Waals surface area (Å²) < 4.78 is 25.4. The summed E-state index contributed by atoms with van der Waals surface area (Å²) in [6.07, 6.45) is 4.87. The van der Waals surface area contributed by atoms with Crippen LogP contribution in [0.2, 0.25) is 5.02 Å². The molecule has 2 heterocycles. The molecule has 0 bridgehead atoms. The first-order chi connectivity index (χ1) is 11.0. The first-order valence-electron chi connectivity index (χ1n) is 7.58. The van der Waals surface area contributed by atoms with Crippen LogP contribution in [0.1, 0.15) is 25.0 Å². The molecule has 1 aromatic heterocycles. The monoisotopic (exact) mass is 351 g/mol. The highest BCUT2D eigenvalue weighted by molar-refractivity contribution is 7.91. The highest BCUT2D eigenvalue weighted by Gasteiger charge is 2.23. The zero-order chi connectivity index (χ0) is 16.4. The summed E-state index contributed by atoms with van der Waals surface area (Å²) in [6, 6.07) is 6.12. The van der Waals surface area contributed by atoms with Gasteiger partial charge in [-0.3, -0.25) is 0 Å². The molecule has 1 aliphatic rings. The maximum absolute atomic E-state index is 12.7. The Morgan fingerprint density at radius 1 is 1.09 bits per heavy atom. The first-order valence-corrected chi connectivity index (χ1v) is 9.44. The van der Waals surface area contributed by atoms with E-state index in [0.717, 1.165) is 25.9 Å². The topological polar surface area (TPSA) is 63.2 Å². The van der Waals surface area contributed by atoms with Crippen molar-refractivity contribution < 1.29 is 8.42 Å². The second-order valence-electron chi connectivity index (χ2n) is 5.62. The van der Waals surface area contributed by atoms with E-state index in [0.29, 0.717) is 16.7 Å². The summed E-state index contributed by atoms with van der Waals surface area (Å²) in [7, 11) is -3.64. The zero-order valence-electron chi connectivity index (χ0n) is 12.9. The van der Waals surface area contributed by atoms with Gasteiger partial charge in [-0.15, -0.1) is 0 Å². The number of rotatable bonds is 3. The Hall–Kier alpha value is -1.66. The van der Waals surface area contributed by atoms with Gasteiger partial charge in [-0.25, -0.2) is 18.4 Å². The van der Waals surface area contributed by atoms with Crippen LogP contribution < -0.4 is 4.90 Å². The lowest BCUT2D eigenvalue weighted by Crippen LogP contribution is -2.31. The highest BCUT2D eigenvalue weighted by atomic mass is 35.5. The molecule has 0 radical (unpaired) electrons. The summed E-state index contributed by atoms with van der Waals surface area (Å²) >= 11 is 5.82. The van der Waals surface area contributed by atoms with Crippen molar-refractivity contribution in [2.24, 2.45) is 0 Å². The second kappa shape index (κ2) is 6.45. The largest absolute Gasteiger partial charge is 0.341 e. The lowest BCUT2D eigenvalue weighted by atomic mass is 10.1. The van der Waals surface area contributed by atoms with Gasteiger partial charge in [0.15, 0.2) is 0 Å². The quantitative estimate of drug-likeness (QED) is 0.849. The third kappa shape index (κ3) is 3.33. The van der Waals surface area contributed by atoms with Crippen molar-refractivity contribution in [2.75, 3.05) is 18.0 Å². The van der Waals surface area contributed by atoms with Crippen LogP contribution in [-0.4, -0.2) is 31.5 Å². The third-order valence-corrected chi connectivity index (χ3v) is 6.10. The van der Waals surface area contributed by atoms with Crippen molar-refractivity contribution in [2.45, 2.75) is 36.0 Å². The molecule has 0 aliphatic carbocycles. The summed E-state index contributed by atoms with van der Waals surface area (Å²) in [5, 5.41) is 0.498. The Bertz CT molecular complexity index is 801.